The molecule has 0 atom stereocenters. The molecule has 19 heavy (non-hydrogen) atoms. The van der Waals surface area contributed by atoms with E-state index in [1.807, 2.05) is 52.8 Å². The highest BCUT2D eigenvalue weighted by molar-refractivity contribution is 9.10. The fourth-order valence-corrected chi connectivity index (χ4v) is 2.45. The van der Waals surface area contributed by atoms with Crippen LogP contribution in [0.4, 0.5) is 4.79 Å². The molecule has 0 aliphatic heterocycles. The van der Waals surface area contributed by atoms with Crippen LogP contribution in [-0.2, 0) is 4.74 Å². The second-order valence-corrected chi connectivity index (χ2v) is 6.60. The molecular weight excluding hydrogens is 306 g/mol. The summed E-state index contributed by atoms with van der Waals surface area (Å²) in [5.74, 6) is 0. The molecule has 0 aliphatic rings. The fraction of sp³-hybridized carbons (Fsp3) is 0.400. The van der Waals surface area contributed by atoms with E-state index in [0.29, 0.717) is 0 Å². The molecule has 0 unspecified atom stereocenters. The summed E-state index contributed by atoms with van der Waals surface area (Å²) in [4.78, 5) is 12.3. The van der Waals surface area contributed by atoms with Crippen molar-refractivity contribution in [3.63, 3.8) is 0 Å². The number of carbonyl (C=O) groups is 1. The summed E-state index contributed by atoms with van der Waals surface area (Å²) in [5, 5.41) is 1.07. The van der Waals surface area contributed by atoms with Gasteiger partial charge in [0.05, 0.1) is 5.52 Å². The molecule has 0 N–H and O–H groups in total. The largest absolute Gasteiger partial charge is 0.443 e. The summed E-state index contributed by atoms with van der Waals surface area (Å²) in [5.41, 5.74) is 2.40. The van der Waals surface area contributed by atoms with E-state index in [1.165, 1.54) is 0 Å². The van der Waals surface area contributed by atoms with Crippen molar-refractivity contribution in [2.45, 2.75) is 40.2 Å². The zero-order valence-electron chi connectivity index (χ0n) is 11.9. The molecule has 0 amide bonds. The maximum atomic E-state index is 12.3. The van der Waals surface area contributed by atoms with Crippen molar-refractivity contribution >= 4 is 32.9 Å². The van der Waals surface area contributed by atoms with Crippen LogP contribution in [0.15, 0.2) is 22.7 Å². The molecule has 0 fully saturated rings. The monoisotopic (exact) mass is 323 g/mol. The number of aryl methyl sites for hydroxylation is 1. The number of aromatic nitrogens is 1. The maximum Gasteiger partial charge on any atom is 0.419 e. The van der Waals surface area contributed by atoms with E-state index in [4.69, 9.17) is 4.74 Å². The second kappa shape index (κ2) is 4.67. The molecule has 0 saturated carbocycles. The molecule has 2 rings (SSSR count). The zero-order chi connectivity index (χ0) is 14.4. The molecule has 0 bridgehead atoms. The minimum Gasteiger partial charge on any atom is -0.443 e. The van der Waals surface area contributed by atoms with Gasteiger partial charge >= 0.3 is 6.09 Å². The quantitative estimate of drug-likeness (QED) is 0.697. The number of hydrogen-bond acceptors (Lipinski definition) is 2. The Morgan fingerprint density at radius 1 is 1.26 bits per heavy atom. The van der Waals surface area contributed by atoms with Crippen LogP contribution in [0, 0.1) is 13.8 Å². The number of hydrogen-bond donors (Lipinski definition) is 0. The van der Waals surface area contributed by atoms with E-state index in [-0.39, 0.29) is 6.09 Å². The van der Waals surface area contributed by atoms with E-state index in [9.17, 15) is 4.79 Å². The van der Waals surface area contributed by atoms with Crippen molar-refractivity contribution in [2.75, 3.05) is 0 Å². The van der Waals surface area contributed by atoms with Gasteiger partial charge in [0.25, 0.3) is 0 Å². The summed E-state index contributed by atoms with van der Waals surface area (Å²) < 4.78 is 8.11. The lowest BCUT2D eigenvalue weighted by Gasteiger charge is -2.20. The Balaban J connectivity index is 2.61. The van der Waals surface area contributed by atoms with Gasteiger partial charge in [-0.1, -0.05) is 15.9 Å². The molecule has 0 spiro atoms. The Morgan fingerprint density at radius 2 is 1.89 bits per heavy atom. The lowest BCUT2D eigenvalue weighted by molar-refractivity contribution is 0.0541. The molecule has 0 radical (unpaired) electrons. The summed E-state index contributed by atoms with van der Waals surface area (Å²) in [6, 6.07) is 5.89. The number of fused-ring (bicyclic) bond motifs is 1. The molecule has 1 heterocycles. The average Bonchev–Trinajstić information content (AvgIpc) is 2.50. The van der Waals surface area contributed by atoms with Gasteiger partial charge in [-0.15, -0.1) is 0 Å². The number of carbonyl (C=O) groups excluding carboxylic acids is 1. The Labute approximate surface area is 121 Å². The van der Waals surface area contributed by atoms with E-state index in [0.717, 1.165) is 26.6 Å². The molecule has 3 nitrogen and oxygen atoms in total. The molecule has 1 aromatic carbocycles. The first-order valence-electron chi connectivity index (χ1n) is 6.21. The van der Waals surface area contributed by atoms with Gasteiger partial charge < -0.3 is 4.74 Å². The summed E-state index contributed by atoms with van der Waals surface area (Å²) in [6.45, 7) is 9.57. The van der Waals surface area contributed by atoms with Gasteiger partial charge in [-0.25, -0.2) is 9.36 Å². The Kier molecular flexibility index (Phi) is 3.47. The van der Waals surface area contributed by atoms with E-state index >= 15 is 0 Å². The second-order valence-electron chi connectivity index (χ2n) is 5.69. The number of halogens is 1. The van der Waals surface area contributed by atoms with Crippen LogP contribution in [-0.4, -0.2) is 16.3 Å². The van der Waals surface area contributed by atoms with Gasteiger partial charge in [-0.05, 0) is 58.4 Å². The molecule has 0 saturated heterocycles. The predicted molar refractivity (Wildman–Crippen MR) is 80.7 cm³/mol. The van der Waals surface area contributed by atoms with Crippen LogP contribution in [0.3, 0.4) is 0 Å². The van der Waals surface area contributed by atoms with Crippen LogP contribution in [0.25, 0.3) is 10.9 Å². The molecule has 2 aromatic rings. The third-order valence-electron chi connectivity index (χ3n) is 3.06. The molecule has 102 valence electrons. The summed E-state index contributed by atoms with van der Waals surface area (Å²) in [6.07, 6.45) is -0.328. The Hall–Kier alpha value is -1.29. The molecule has 4 heteroatoms. The van der Waals surface area contributed by atoms with Gasteiger partial charge in [-0.3, -0.25) is 0 Å². The first-order chi connectivity index (χ1) is 8.70. The standard InChI is InChI=1S/C15H18BrNO2/c1-9-10(2)17(14(18)19-15(3,4)5)13-7-6-11(16)8-12(9)13/h6-8H,1-5H3. The first kappa shape index (κ1) is 14.1. The summed E-state index contributed by atoms with van der Waals surface area (Å²) in [7, 11) is 0. The molecule has 1 aromatic heterocycles. The maximum absolute atomic E-state index is 12.3. The van der Waals surface area contributed by atoms with Crippen molar-refractivity contribution in [2.24, 2.45) is 0 Å². The van der Waals surface area contributed by atoms with Crippen LogP contribution < -0.4 is 0 Å². The number of rotatable bonds is 0. The summed E-state index contributed by atoms with van der Waals surface area (Å²) >= 11 is 3.46. The smallest absolute Gasteiger partial charge is 0.419 e. The number of ether oxygens (including phenoxy) is 1. The normalized spacial score (nSPS) is 11.9. The van der Waals surface area contributed by atoms with Gasteiger partial charge in [-0.2, -0.15) is 0 Å². The van der Waals surface area contributed by atoms with Crippen molar-refractivity contribution in [3.8, 4) is 0 Å². The third-order valence-corrected chi connectivity index (χ3v) is 3.55. The van der Waals surface area contributed by atoms with Gasteiger partial charge in [0.1, 0.15) is 5.60 Å². The minimum absolute atomic E-state index is 0.328. The molecule has 0 aliphatic carbocycles. The van der Waals surface area contributed by atoms with Crippen LogP contribution in [0.1, 0.15) is 32.0 Å². The highest BCUT2D eigenvalue weighted by Gasteiger charge is 2.22. The SMILES string of the molecule is Cc1c(C)n(C(=O)OC(C)(C)C)c2ccc(Br)cc12. The lowest BCUT2D eigenvalue weighted by Crippen LogP contribution is -2.27. The zero-order valence-corrected chi connectivity index (χ0v) is 13.5. The predicted octanol–water partition coefficient (Wildman–Crippen LogP) is 4.80. The van der Waals surface area contributed by atoms with Crippen molar-refractivity contribution < 1.29 is 9.53 Å². The van der Waals surface area contributed by atoms with Gasteiger partial charge in [0, 0.05) is 15.6 Å². The fourth-order valence-electron chi connectivity index (χ4n) is 2.09. The lowest BCUT2D eigenvalue weighted by atomic mass is 10.2. The van der Waals surface area contributed by atoms with Crippen molar-refractivity contribution in [1.29, 1.82) is 0 Å². The van der Waals surface area contributed by atoms with Crippen LogP contribution in [0.2, 0.25) is 0 Å². The topological polar surface area (TPSA) is 31.2 Å². The third kappa shape index (κ3) is 2.68. The minimum atomic E-state index is -0.497. The highest BCUT2D eigenvalue weighted by Crippen LogP contribution is 2.28. The first-order valence-corrected chi connectivity index (χ1v) is 7.00. The number of nitrogens with zero attached hydrogens (tertiary/aromatic N) is 1. The van der Waals surface area contributed by atoms with E-state index in [1.54, 1.807) is 4.57 Å². The molecular formula is C15H18BrNO2. The van der Waals surface area contributed by atoms with Crippen molar-refractivity contribution in [3.05, 3.63) is 33.9 Å². The average molecular weight is 324 g/mol. The number of benzene rings is 1. The van der Waals surface area contributed by atoms with E-state index in [2.05, 4.69) is 15.9 Å². The van der Waals surface area contributed by atoms with Crippen LogP contribution >= 0.6 is 15.9 Å². The van der Waals surface area contributed by atoms with E-state index < -0.39 is 5.60 Å². The Bertz CT molecular complexity index is 650. The van der Waals surface area contributed by atoms with Gasteiger partial charge in [0.2, 0.25) is 0 Å². The van der Waals surface area contributed by atoms with Crippen LogP contribution in [0.5, 0.6) is 0 Å². The highest BCUT2D eigenvalue weighted by atomic mass is 79.9. The van der Waals surface area contributed by atoms with Gasteiger partial charge in [0.15, 0.2) is 0 Å². The Morgan fingerprint density at radius 3 is 2.47 bits per heavy atom. The van der Waals surface area contributed by atoms with Crippen molar-refractivity contribution in [1.82, 2.24) is 4.57 Å².